The molecule has 3 rings (SSSR count). The molecule has 1 aliphatic heterocycles. The minimum atomic E-state index is 0.0202. The van der Waals surface area contributed by atoms with Crippen LogP contribution in [0.5, 0.6) is 0 Å². The van der Waals surface area contributed by atoms with Crippen LogP contribution in [0.4, 0.5) is 0 Å². The van der Waals surface area contributed by atoms with Crippen molar-refractivity contribution < 1.29 is 4.79 Å². The Morgan fingerprint density at radius 3 is 2.77 bits per heavy atom. The van der Waals surface area contributed by atoms with Crippen LogP contribution in [-0.4, -0.2) is 35.4 Å². The second-order valence-electron chi connectivity index (χ2n) is 6.40. The zero-order valence-corrected chi connectivity index (χ0v) is 13.8. The van der Waals surface area contributed by atoms with Crippen LogP contribution in [0.1, 0.15) is 29.4 Å². The molecule has 5 heteroatoms. The molecule has 2 heterocycles. The largest absolute Gasteiger partial charge is 0.337 e. The number of likely N-dealkylation sites (tertiary alicyclic amines) is 1. The van der Waals surface area contributed by atoms with E-state index in [2.05, 4.69) is 31.0 Å². The SMILES string of the molecule is Cc1ccc(-c2nc(C(=O)N3CCC(C)(CN)C3)cs2)cc1. The summed E-state index contributed by atoms with van der Waals surface area (Å²) in [5, 5.41) is 2.75. The van der Waals surface area contributed by atoms with Crippen molar-refractivity contribution in [2.45, 2.75) is 20.3 Å². The number of benzene rings is 1. The van der Waals surface area contributed by atoms with Crippen LogP contribution in [-0.2, 0) is 0 Å². The Morgan fingerprint density at radius 2 is 2.14 bits per heavy atom. The van der Waals surface area contributed by atoms with Gasteiger partial charge in [-0.3, -0.25) is 4.79 Å². The first-order valence-corrected chi connectivity index (χ1v) is 8.41. The van der Waals surface area contributed by atoms with Crippen LogP contribution < -0.4 is 5.73 Å². The van der Waals surface area contributed by atoms with Crippen molar-refractivity contribution in [2.24, 2.45) is 11.1 Å². The summed E-state index contributed by atoms with van der Waals surface area (Å²) >= 11 is 1.52. The highest BCUT2D eigenvalue weighted by Gasteiger charge is 2.35. The predicted molar refractivity (Wildman–Crippen MR) is 90.0 cm³/mol. The molecule has 116 valence electrons. The quantitative estimate of drug-likeness (QED) is 0.947. The lowest BCUT2D eigenvalue weighted by atomic mass is 9.90. The van der Waals surface area contributed by atoms with Crippen molar-refractivity contribution in [2.75, 3.05) is 19.6 Å². The monoisotopic (exact) mass is 315 g/mol. The summed E-state index contributed by atoms with van der Waals surface area (Å²) in [6.45, 7) is 6.30. The van der Waals surface area contributed by atoms with Gasteiger partial charge >= 0.3 is 0 Å². The molecule has 2 aromatic rings. The summed E-state index contributed by atoms with van der Waals surface area (Å²) in [6.07, 6.45) is 0.962. The van der Waals surface area contributed by atoms with Gasteiger partial charge in [-0.2, -0.15) is 0 Å². The number of nitrogens with two attached hydrogens (primary N) is 1. The summed E-state index contributed by atoms with van der Waals surface area (Å²) in [5.74, 6) is 0.0202. The maximum Gasteiger partial charge on any atom is 0.273 e. The molecule has 0 spiro atoms. The van der Waals surface area contributed by atoms with Crippen molar-refractivity contribution in [3.63, 3.8) is 0 Å². The van der Waals surface area contributed by atoms with Crippen LogP contribution in [0.3, 0.4) is 0 Å². The fraction of sp³-hybridized carbons (Fsp3) is 0.412. The normalized spacial score (nSPS) is 21.3. The molecule has 4 nitrogen and oxygen atoms in total. The number of rotatable bonds is 3. The van der Waals surface area contributed by atoms with Gasteiger partial charge in [0.25, 0.3) is 5.91 Å². The van der Waals surface area contributed by atoms with Crippen molar-refractivity contribution >= 4 is 17.2 Å². The lowest BCUT2D eigenvalue weighted by Gasteiger charge is -2.22. The summed E-state index contributed by atoms with van der Waals surface area (Å²) in [4.78, 5) is 19.0. The van der Waals surface area contributed by atoms with E-state index in [4.69, 9.17) is 5.73 Å². The third-order valence-corrected chi connectivity index (χ3v) is 5.25. The Hall–Kier alpha value is -1.72. The van der Waals surface area contributed by atoms with E-state index < -0.39 is 0 Å². The first-order chi connectivity index (χ1) is 10.5. The lowest BCUT2D eigenvalue weighted by molar-refractivity contribution is 0.0772. The molecule has 1 aromatic carbocycles. The highest BCUT2D eigenvalue weighted by Crippen LogP contribution is 2.30. The Morgan fingerprint density at radius 1 is 1.41 bits per heavy atom. The average molecular weight is 315 g/mol. The average Bonchev–Trinajstić information content (AvgIpc) is 3.15. The number of thiazole rings is 1. The van der Waals surface area contributed by atoms with E-state index in [0.29, 0.717) is 12.2 Å². The standard InChI is InChI=1S/C17H21N3OS/c1-12-3-5-13(6-4-12)15-19-14(9-22-15)16(21)20-8-7-17(2,10-18)11-20/h3-6,9H,7-8,10-11,18H2,1-2H3. The molecule has 1 atom stereocenters. The van der Waals surface area contributed by atoms with Gasteiger partial charge in [0.15, 0.2) is 0 Å². The molecular weight excluding hydrogens is 294 g/mol. The molecule has 1 saturated heterocycles. The van der Waals surface area contributed by atoms with Gasteiger partial charge in [0.05, 0.1) is 0 Å². The molecule has 0 saturated carbocycles. The van der Waals surface area contributed by atoms with E-state index in [1.54, 1.807) is 0 Å². The molecule has 1 fully saturated rings. The van der Waals surface area contributed by atoms with Crippen LogP contribution in [0.2, 0.25) is 0 Å². The van der Waals surface area contributed by atoms with Gasteiger partial charge in [-0.25, -0.2) is 4.98 Å². The lowest BCUT2D eigenvalue weighted by Crippen LogP contribution is -2.34. The zero-order chi connectivity index (χ0) is 15.7. The highest BCUT2D eigenvalue weighted by molar-refractivity contribution is 7.13. The van der Waals surface area contributed by atoms with Crippen LogP contribution in [0, 0.1) is 12.3 Å². The smallest absolute Gasteiger partial charge is 0.273 e. The van der Waals surface area contributed by atoms with Crippen molar-refractivity contribution in [3.05, 3.63) is 40.9 Å². The van der Waals surface area contributed by atoms with Gasteiger partial charge in [-0.15, -0.1) is 11.3 Å². The van der Waals surface area contributed by atoms with Gasteiger partial charge in [0, 0.05) is 24.0 Å². The van der Waals surface area contributed by atoms with Crippen LogP contribution in [0.15, 0.2) is 29.6 Å². The molecule has 0 aliphatic carbocycles. The Balaban J connectivity index is 1.76. The van der Waals surface area contributed by atoms with Gasteiger partial charge in [0.1, 0.15) is 10.7 Å². The Labute approximate surface area is 135 Å². The van der Waals surface area contributed by atoms with Crippen molar-refractivity contribution in [1.82, 2.24) is 9.88 Å². The zero-order valence-electron chi connectivity index (χ0n) is 13.0. The second-order valence-corrected chi connectivity index (χ2v) is 7.25. The molecule has 0 radical (unpaired) electrons. The highest BCUT2D eigenvalue weighted by atomic mass is 32.1. The number of hydrogen-bond donors (Lipinski definition) is 1. The number of carbonyl (C=O) groups excluding carboxylic acids is 1. The summed E-state index contributed by atoms with van der Waals surface area (Å²) < 4.78 is 0. The topological polar surface area (TPSA) is 59.2 Å². The second kappa shape index (κ2) is 5.82. The van der Waals surface area contributed by atoms with E-state index in [9.17, 15) is 4.79 Å². The summed E-state index contributed by atoms with van der Waals surface area (Å²) in [5.41, 5.74) is 8.68. The third-order valence-electron chi connectivity index (χ3n) is 4.36. The summed E-state index contributed by atoms with van der Waals surface area (Å²) in [7, 11) is 0. The number of amides is 1. The van der Waals surface area contributed by atoms with E-state index in [1.807, 2.05) is 22.4 Å². The maximum absolute atomic E-state index is 12.6. The first-order valence-electron chi connectivity index (χ1n) is 7.53. The van der Waals surface area contributed by atoms with Gasteiger partial charge in [0.2, 0.25) is 0 Å². The van der Waals surface area contributed by atoms with Gasteiger partial charge < -0.3 is 10.6 Å². The van der Waals surface area contributed by atoms with Crippen molar-refractivity contribution in [1.29, 1.82) is 0 Å². The predicted octanol–water partition coefficient (Wildman–Crippen LogP) is 2.93. The molecule has 2 N–H and O–H groups in total. The van der Waals surface area contributed by atoms with Crippen LogP contribution in [0.25, 0.3) is 10.6 Å². The fourth-order valence-corrected chi connectivity index (χ4v) is 3.53. The van der Waals surface area contributed by atoms with E-state index in [0.717, 1.165) is 30.1 Å². The molecule has 1 amide bonds. The fourth-order valence-electron chi connectivity index (χ4n) is 2.73. The Kier molecular flexibility index (Phi) is 4.02. The van der Waals surface area contributed by atoms with E-state index >= 15 is 0 Å². The number of aryl methyl sites for hydroxylation is 1. The minimum Gasteiger partial charge on any atom is -0.337 e. The third kappa shape index (κ3) is 2.91. The maximum atomic E-state index is 12.6. The molecule has 1 unspecified atom stereocenters. The number of nitrogens with zero attached hydrogens (tertiary/aromatic N) is 2. The molecular formula is C17H21N3OS. The molecule has 22 heavy (non-hydrogen) atoms. The van der Waals surface area contributed by atoms with E-state index in [-0.39, 0.29) is 11.3 Å². The number of carbonyl (C=O) groups is 1. The van der Waals surface area contributed by atoms with Gasteiger partial charge in [-0.1, -0.05) is 36.8 Å². The molecule has 1 aromatic heterocycles. The summed E-state index contributed by atoms with van der Waals surface area (Å²) in [6, 6.07) is 8.21. The van der Waals surface area contributed by atoms with Gasteiger partial charge in [-0.05, 0) is 25.3 Å². The number of aromatic nitrogens is 1. The molecule has 1 aliphatic rings. The van der Waals surface area contributed by atoms with Crippen molar-refractivity contribution in [3.8, 4) is 10.6 Å². The number of hydrogen-bond acceptors (Lipinski definition) is 4. The van der Waals surface area contributed by atoms with E-state index in [1.165, 1.54) is 16.9 Å². The Bertz CT molecular complexity index is 679. The molecule has 0 bridgehead atoms. The first kappa shape index (κ1) is 15.2. The van der Waals surface area contributed by atoms with Crippen LogP contribution >= 0.6 is 11.3 Å². The minimum absolute atomic E-state index is 0.0202.